The SMILES string of the molecule is CCC(=O)N(CC1CCN(CCc2ccccc2)CC1)c1ccc2c(c1)OCO2. The Morgan fingerprint density at radius 1 is 1.07 bits per heavy atom. The van der Waals surface area contributed by atoms with Crippen LogP contribution in [0.15, 0.2) is 48.5 Å². The number of fused-ring (bicyclic) bond motifs is 1. The van der Waals surface area contributed by atoms with Crippen molar-refractivity contribution in [2.24, 2.45) is 5.92 Å². The van der Waals surface area contributed by atoms with Crippen LogP contribution in [0.4, 0.5) is 5.69 Å². The zero-order chi connectivity index (χ0) is 20.1. The molecule has 0 aromatic heterocycles. The predicted octanol–water partition coefficient (Wildman–Crippen LogP) is 4.11. The van der Waals surface area contributed by atoms with E-state index in [1.807, 2.05) is 30.0 Å². The number of amides is 1. The van der Waals surface area contributed by atoms with Gasteiger partial charge in [-0.25, -0.2) is 0 Å². The maximum absolute atomic E-state index is 12.7. The van der Waals surface area contributed by atoms with Gasteiger partial charge in [0.05, 0.1) is 0 Å². The van der Waals surface area contributed by atoms with Crippen LogP contribution >= 0.6 is 0 Å². The van der Waals surface area contributed by atoms with Gasteiger partial charge in [-0.05, 0) is 56.0 Å². The molecule has 5 heteroatoms. The number of benzene rings is 2. The molecule has 2 aliphatic heterocycles. The summed E-state index contributed by atoms with van der Waals surface area (Å²) in [7, 11) is 0. The van der Waals surface area contributed by atoms with Gasteiger partial charge in [0.1, 0.15) is 0 Å². The van der Waals surface area contributed by atoms with Crippen LogP contribution in [0.2, 0.25) is 0 Å². The van der Waals surface area contributed by atoms with Crippen LogP contribution in [0.1, 0.15) is 31.7 Å². The Balaban J connectivity index is 1.33. The summed E-state index contributed by atoms with van der Waals surface area (Å²) in [4.78, 5) is 17.1. The van der Waals surface area contributed by atoms with Gasteiger partial charge in [0, 0.05) is 31.3 Å². The van der Waals surface area contributed by atoms with E-state index in [2.05, 4.69) is 35.2 Å². The van der Waals surface area contributed by atoms with Gasteiger partial charge >= 0.3 is 0 Å². The Labute approximate surface area is 173 Å². The molecule has 29 heavy (non-hydrogen) atoms. The van der Waals surface area contributed by atoms with Gasteiger partial charge in [-0.3, -0.25) is 4.79 Å². The average molecular weight is 395 g/mol. The number of hydrogen-bond acceptors (Lipinski definition) is 4. The average Bonchev–Trinajstić information content (AvgIpc) is 3.25. The number of anilines is 1. The Kier molecular flexibility index (Phi) is 6.35. The van der Waals surface area contributed by atoms with Crippen molar-refractivity contribution in [3.63, 3.8) is 0 Å². The third-order valence-corrected chi connectivity index (χ3v) is 5.98. The summed E-state index contributed by atoms with van der Waals surface area (Å²) in [6.07, 6.45) is 3.87. The van der Waals surface area contributed by atoms with Crippen molar-refractivity contribution < 1.29 is 14.3 Å². The van der Waals surface area contributed by atoms with E-state index in [9.17, 15) is 4.79 Å². The van der Waals surface area contributed by atoms with Crippen molar-refractivity contribution in [3.8, 4) is 11.5 Å². The number of rotatable bonds is 7. The predicted molar refractivity (Wildman–Crippen MR) is 115 cm³/mol. The van der Waals surface area contributed by atoms with Crippen molar-refractivity contribution in [1.29, 1.82) is 0 Å². The van der Waals surface area contributed by atoms with E-state index < -0.39 is 0 Å². The van der Waals surface area contributed by atoms with Gasteiger partial charge in [-0.15, -0.1) is 0 Å². The summed E-state index contributed by atoms with van der Waals surface area (Å²) in [6, 6.07) is 16.5. The van der Waals surface area contributed by atoms with E-state index in [1.54, 1.807) is 0 Å². The molecule has 1 amide bonds. The normalized spacial score (nSPS) is 16.7. The molecular weight excluding hydrogens is 364 g/mol. The molecular formula is C24H30N2O3. The first-order chi connectivity index (χ1) is 14.2. The summed E-state index contributed by atoms with van der Waals surface area (Å²) in [5.41, 5.74) is 2.31. The van der Waals surface area contributed by atoms with Crippen LogP contribution in [0.25, 0.3) is 0 Å². The van der Waals surface area contributed by atoms with E-state index >= 15 is 0 Å². The molecule has 2 aromatic carbocycles. The van der Waals surface area contributed by atoms with Crippen LogP contribution in [-0.4, -0.2) is 43.8 Å². The Bertz CT molecular complexity index is 816. The zero-order valence-corrected chi connectivity index (χ0v) is 17.2. The first-order valence-corrected chi connectivity index (χ1v) is 10.7. The topological polar surface area (TPSA) is 42.0 Å². The third kappa shape index (κ3) is 4.91. The van der Waals surface area contributed by atoms with Crippen LogP contribution in [-0.2, 0) is 11.2 Å². The minimum absolute atomic E-state index is 0.162. The highest BCUT2D eigenvalue weighted by molar-refractivity contribution is 5.93. The largest absolute Gasteiger partial charge is 0.454 e. The highest BCUT2D eigenvalue weighted by Gasteiger charge is 2.25. The Morgan fingerprint density at radius 3 is 2.59 bits per heavy atom. The number of ether oxygens (including phenoxy) is 2. The van der Waals surface area contributed by atoms with E-state index in [-0.39, 0.29) is 12.7 Å². The number of nitrogens with zero attached hydrogens (tertiary/aromatic N) is 2. The van der Waals surface area contributed by atoms with E-state index in [4.69, 9.17) is 9.47 Å². The molecule has 1 saturated heterocycles. The van der Waals surface area contributed by atoms with E-state index in [0.29, 0.717) is 12.3 Å². The first kappa shape index (κ1) is 19.8. The summed E-state index contributed by atoms with van der Waals surface area (Å²) in [6.45, 7) is 6.27. The van der Waals surface area contributed by atoms with Crippen molar-refractivity contribution in [2.75, 3.05) is 37.9 Å². The molecule has 5 nitrogen and oxygen atoms in total. The fourth-order valence-corrected chi connectivity index (χ4v) is 4.18. The summed E-state index contributed by atoms with van der Waals surface area (Å²) < 4.78 is 10.9. The fraction of sp³-hybridized carbons (Fsp3) is 0.458. The number of piperidine rings is 1. The molecule has 2 aliphatic rings. The lowest BCUT2D eigenvalue weighted by molar-refractivity contribution is -0.118. The van der Waals surface area contributed by atoms with Crippen LogP contribution in [0, 0.1) is 5.92 Å². The van der Waals surface area contributed by atoms with Crippen molar-refractivity contribution in [1.82, 2.24) is 4.90 Å². The molecule has 1 fully saturated rings. The molecule has 0 saturated carbocycles. The summed E-state index contributed by atoms with van der Waals surface area (Å²) in [5.74, 6) is 2.18. The molecule has 154 valence electrons. The maximum Gasteiger partial charge on any atom is 0.231 e. The second kappa shape index (κ2) is 9.31. The van der Waals surface area contributed by atoms with Crippen LogP contribution < -0.4 is 14.4 Å². The molecule has 2 aromatic rings. The smallest absolute Gasteiger partial charge is 0.231 e. The second-order valence-electron chi connectivity index (χ2n) is 7.92. The number of hydrogen-bond donors (Lipinski definition) is 0. The minimum Gasteiger partial charge on any atom is -0.454 e. The molecule has 0 bridgehead atoms. The summed E-state index contributed by atoms with van der Waals surface area (Å²) >= 11 is 0. The molecule has 0 spiro atoms. The molecule has 0 aliphatic carbocycles. The maximum atomic E-state index is 12.7. The summed E-state index contributed by atoms with van der Waals surface area (Å²) in [5, 5.41) is 0. The van der Waals surface area contributed by atoms with E-state index in [0.717, 1.165) is 62.6 Å². The van der Waals surface area contributed by atoms with Gasteiger partial charge in [-0.1, -0.05) is 37.3 Å². The second-order valence-corrected chi connectivity index (χ2v) is 7.92. The molecule has 0 N–H and O–H groups in total. The fourth-order valence-electron chi connectivity index (χ4n) is 4.18. The molecule has 2 heterocycles. The molecule has 0 radical (unpaired) electrons. The third-order valence-electron chi connectivity index (χ3n) is 5.98. The molecule has 4 rings (SSSR count). The zero-order valence-electron chi connectivity index (χ0n) is 17.2. The number of carbonyl (C=O) groups excluding carboxylic acids is 1. The van der Waals surface area contributed by atoms with Crippen LogP contribution in [0.5, 0.6) is 11.5 Å². The Hall–Kier alpha value is -2.53. The van der Waals surface area contributed by atoms with Crippen LogP contribution in [0.3, 0.4) is 0 Å². The standard InChI is InChI=1S/C24H30N2O3/c1-2-24(27)26(21-8-9-22-23(16-21)29-18-28-22)17-20-11-14-25(15-12-20)13-10-19-6-4-3-5-7-19/h3-9,16,20H,2,10-15,17-18H2,1H3. The van der Waals surface area contributed by atoms with Gasteiger partial charge < -0.3 is 19.3 Å². The lowest BCUT2D eigenvalue weighted by Crippen LogP contribution is -2.41. The number of carbonyl (C=O) groups is 1. The lowest BCUT2D eigenvalue weighted by atomic mass is 9.95. The monoisotopic (exact) mass is 394 g/mol. The molecule has 0 atom stereocenters. The van der Waals surface area contributed by atoms with E-state index in [1.165, 1.54) is 5.56 Å². The van der Waals surface area contributed by atoms with Gasteiger partial charge in [0.25, 0.3) is 0 Å². The molecule has 0 unspecified atom stereocenters. The lowest BCUT2D eigenvalue weighted by Gasteiger charge is -2.35. The van der Waals surface area contributed by atoms with Crippen molar-refractivity contribution in [2.45, 2.75) is 32.6 Å². The number of likely N-dealkylation sites (tertiary alicyclic amines) is 1. The van der Waals surface area contributed by atoms with Gasteiger partial charge in [0.2, 0.25) is 12.7 Å². The minimum atomic E-state index is 0.162. The highest BCUT2D eigenvalue weighted by Crippen LogP contribution is 2.36. The highest BCUT2D eigenvalue weighted by atomic mass is 16.7. The quantitative estimate of drug-likeness (QED) is 0.709. The van der Waals surface area contributed by atoms with Gasteiger partial charge in [-0.2, -0.15) is 0 Å². The van der Waals surface area contributed by atoms with Crippen molar-refractivity contribution in [3.05, 3.63) is 54.1 Å². The first-order valence-electron chi connectivity index (χ1n) is 10.7. The van der Waals surface area contributed by atoms with Gasteiger partial charge in [0.15, 0.2) is 11.5 Å². The Morgan fingerprint density at radius 2 is 1.83 bits per heavy atom. The van der Waals surface area contributed by atoms with Crippen molar-refractivity contribution >= 4 is 11.6 Å².